The fourth-order valence-corrected chi connectivity index (χ4v) is 1.90. The minimum Gasteiger partial charge on any atom is -0.351 e. The van der Waals surface area contributed by atoms with Gasteiger partial charge in [0.15, 0.2) is 0 Å². The van der Waals surface area contributed by atoms with Crippen LogP contribution in [-0.2, 0) is 0 Å². The fourth-order valence-electron chi connectivity index (χ4n) is 1.90. The highest BCUT2D eigenvalue weighted by Crippen LogP contribution is 2.17. The molecule has 0 bridgehead atoms. The number of fused-ring (bicyclic) bond motifs is 1. The number of nitrogens with zero attached hydrogens (tertiary/aromatic N) is 3. The van der Waals surface area contributed by atoms with E-state index in [1.807, 2.05) is 53.2 Å². The Balaban J connectivity index is 0.000000205. The average molecular weight is 262 g/mol. The number of hydrogen-bond acceptors (Lipinski definition) is 2. The third-order valence-electron chi connectivity index (χ3n) is 2.84. The number of imidazole rings is 2. The highest BCUT2D eigenvalue weighted by Gasteiger charge is 2.01. The Morgan fingerprint density at radius 2 is 1.80 bits per heavy atom. The van der Waals surface area contributed by atoms with Gasteiger partial charge in [-0.3, -0.25) is 0 Å². The van der Waals surface area contributed by atoms with Gasteiger partial charge in [-0.2, -0.15) is 0 Å². The number of nitrogens with one attached hydrogen (secondary N) is 1. The Morgan fingerprint density at radius 3 is 2.45 bits per heavy atom. The van der Waals surface area contributed by atoms with Crippen molar-refractivity contribution in [2.24, 2.45) is 0 Å². The van der Waals surface area contributed by atoms with E-state index < -0.39 is 0 Å². The van der Waals surface area contributed by atoms with Crippen LogP contribution >= 0.6 is 0 Å². The van der Waals surface area contributed by atoms with Crippen LogP contribution in [0.5, 0.6) is 0 Å². The third-order valence-corrected chi connectivity index (χ3v) is 2.84. The molecule has 3 heterocycles. The Labute approximate surface area is 116 Å². The Bertz CT molecular complexity index is 707. The van der Waals surface area contributed by atoms with Gasteiger partial charge < -0.3 is 9.38 Å². The molecule has 1 N–H and O–H groups in total. The summed E-state index contributed by atoms with van der Waals surface area (Å²) in [5.41, 5.74) is 3.15. The second-order valence-corrected chi connectivity index (χ2v) is 4.22. The molecule has 0 spiro atoms. The third kappa shape index (κ3) is 2.75. The molecular weight excluding hydrogens is 248 g/mol. The second-order valence-electron chi connectivity index (χ2n) is 4.22. The predicted octanol–water partition coefficient (Wildman–Crippen LogP) is 3.41. The summed E-state index contributed by atoms with van der Waals surface area (Å²) in [5.74, 6) is 0. The summed E-state index contributed by atoms with van der Waals surface area (Å²) in [6.45, 7) is 0. The number of benzene rings is 1. The lowest BCUT2D eigenvalue weighted by Crippen LogP contribution is -1.77. The van der Waals surface area contributed by atoms with Crippen LogP contribution in [0.1, 0.15) is 0 Å². The molecule has 3 aromatic heterocycles. The maximum Gasteiger partial charge on any atom is 0.137 e. The number of aromatic amines is 1. The summed E-state index contributed by atoms with van der Waals surface area (Å²) in [4.78, 5) is 11.0. The molecule has 0 radical (unpaired) electrons. The number of pyridine rings is 1. The molecule has 0 saturated heterocycles. The van der Waals surface area contributed by atoms with E-state index in [1.54, 1.807) is 18.7 Å². The molecule has 0 amide bonds. The standard InChI is InChI=1S/C13H10N2.C3H4N2/c1-2-6-11(7-3-1)12-10-15-9-5-4-8-13(15)14-12;1-2-5-3-4-1/h1-10H;1-3H,(H,4,5). The number of aromatic nitrogens is 4. The number of rotatable bonds is 1. The molecule has 0 atom stereocenters. The van der Waals surface area contributed by atoms with Gasteiger partial charge in [0.2, 0.25) is 0 Å². The maximum absolute atomic E-state index is 4.55. The summed E-state index contributed by atoms with van der Waals surface area (Å²) in [5, 5.41) is 0. The predicted molar refractivity (Wildman–Crippen MR) is 79.2 cm³/mol. The molecule has 0 aliphatic heterocycles. The molecule has 0 saturated carbocycles. The zero-order valence-electron chi connectivity index (χ0n) is 10.8. The van der Waals surface area contributed by atoms with E-state index in [9.17, 15) is 0 Å². The Morgan fingerprint density at radius 1 is 0.950 bits per heavy atom. The first-order valence-corrected chi connectivity index (χ1v) is 6.35. The topological polar surface area (TPSA) is 46.0 Å². The first-order valence-electron chi connectivity index (χ1n) is 6.35. The smallest absolute Gasteiger partial charge is 0.137 e. The molecule has 4 heteroatoms. The van der Waals surface area contributed by atoms with Crippen molar-refractivity contribution in [3.05, 3.63) is 79.6 Å². The normalized spacial score (nSPS) is 10.0. The van der Waals surface area contributed by atoms with Crippen molar-refractivity contribution in [3.63, 3.8) is 0 Å². The lowest BCUT2D eigenvalue weighted by atomic mass is 10.2. The average Bonchev–Trinajstić information content (AvgIpc) is 3.20. The van der Waals surface area contributed by atoms with E-state index in [2.05, 4.69) is 27.1 Å². The zero-order chi connectivity index (χ0) is 13.6. The summed E-state index contributed by atoms with van der Waals surface area (Å²) < 4.78 is 2.03. The quantitative estimate of drug-likeness (QED) is 0.571. The molecule has 1 aromatic carbocycles. The largest absolute Gasteiger partial charge is 0.351 e. The van der Waals surface area contributed by atoms with E-state index >= 15 is 0 Å². The van der Waals surface area contributed by atoms with Gasteiger partial charge in [0.1, 0.15) is 5.65 Å². The number of H-pyrrole nitrogens is 1. The molecule has 0 fully saturated rings. The van der Waals surface area contributed by atoms with Crippen LogP contribution in [0.4, 0.5) is 0 Å². The molecule has 98 valence electrons. The van der Waals surface area contributed by atoms with Crippen LogP contribution in [0, 0.1) is 0 Å². The molecule has 0 unspecified atom stereocenters. The van der Waals surface area contributed by atoms with E-state index in [1.165, 1.54) is 0 Å². The lowest BCUT2D eigenvalue weighted by molar-refractivity contribution is 1.19. The minimum absolute atomic E-state index is 0.983. The Hall–Kier alpha value is -2.88. The maximum atomic E-state index is 4.55. The SMILES string of the molecule is c1c[nH]cn1.c1ccc(-c2cn3ccccc3n2)cc1. The van der Waals surface area contributed by atoms with Crippen LogP contribution in [0.15, 0.2) is 79.6 Å². The molecule has 4 rings (SSSR count). The Kier molecular flexibility index (Phi) is 3.55. The van der Waals surface area contributed by atoms with Crippen LogP contribution in [0.3, 0.4) is 0 Å². The molecule has 0 aliphatic carbocycles. The summed E-state index contributed by atoms with van der Waals surface area (Å²) >= 11 is 0. The van der Waals surface area contributed by atoms with Gasteiger partial charge in [-0.25, -0.2) is 9.97 Å². The highest BCUT2D eigenvalue weighted by molar-refractivity contribution is 5.62. The van der Waals surface area contributed by atoms with Gasteiger partial charge in [-0.15, -0.1) is 0 Å². The van der Waals surface area contributed by atoms with Crippen LogP contribution < -0.4 is 0 Å². The summed E-state index contributed by atoms with van der Waals surface area (Å²) in [6.07, 6.45) is 9.14. The van der Waals surface area contributed by atoms with Gasteiger partial charge in [0.25, 0.3) is 0 Å². The first-order chi connectivity index (χ1) is 9.93. The number of hydrogen-bond donors (Lipinski definition) is 1. The van der Waals surface area contributed by atoms with Gasteiger partial charge in [-0.05, 0) is 12.1 Å². The van der Waals surface area contributed by atoms with Gasteiger partial charge in [0, 0.05) is 30.4 Å². The van der Waals surface area contributed by atoms with Crippen molar-refractivity contribution in [2.45, 2.75) is 0 Å². The van der Waals surface area contributed by atoms with Crippen LogP contribution in [0.2, 0.25) is 0 Å². The zero-order valence-corrected chi connectivity index (χ0v) is 10.8. The van der Waals surface area contributed by atoms with Crippen LogP contribution in [0.25, 0.3) is 16.9 Å². The van der Waals surface area contributed by atoms with Crippen molar-refractivity contribution >= 4 is 5.65 Å². The van der Waals surface area contributed by atoms with Crippen molar-refractivity contribution in [1.82, 2.24) is 19.4 Å². The summed E-state index contributed by atoms with van der Waals surface area (Å²) in [7, 11) is 0. The van der Waals surface area contributed by atoms with Crippen LogP contribution in [-0.4, -0.2) is 19.4 Å². The first kappa shape index (κ1) is 12.2. The van der Waals surface area contributed by atoms with E-state index in [0.29, 0.717) is 0 Å². The molecule has 4 aromatic rings. The molecule has 4 nitrogen and oxygen atoms in total. The lowest BCUT2D eigenvalue weighted by Gasteiger charge is -1.92. The van der Waals surface area contributed by atoms with Crippen molar-refractivity contribution in [3.8, 4) is 11.3 Å². The van der Waals surface area contributed by atoms with Gasteiger partial charge in [0.05, 0.1) is 12.0 Å². The monoisotopic (exact) mass is 262 g/mol. The molecule has 0 aliphatic rings. The molecular formula is C16H14N4. The van der Waals surface area contributed by atoms with E-state index in [0.717, 1.165) is 16.9 Å². The highest BCUT2D eigenvalue weighted by atomic mass is 15.0. The van der Waals surface area contributed by atoms with E-state index in [-0.39, 0.29) is 0 Å². The fraction of sp³-hybridized carbons (Fsp3) is 0. The molecule has 20 heavy (non-hydrogen) atoms. The van der Waals surface area contributed by atoms with Crippen molar-refractivity contribution in [1.29, 1.82) is 0 Å². The van der Waals surface area contributed by atoms with Crippen molar-refractivity contribution < 1.29 is 0 Å². The van der Waals surface area contributed by atoms with Gasteiger partial charge >= 0.3 is 0 Å². The minimum atomic E-state index is 0.983. The van der Waals surface area contributed by atoms with Crippen molar-refractivity contribution in [2.75, 3.05) is 0 Å². The second kappa shape index (κ2) is 5.84. The van der Waals surface area contributed by atoms with E-state index in [4.69, 9.17) is 0 Å². The summed E-state index contributed by atoms with van der Waals surface area (Å²) in [6, 6.07) is 16.2. The van der Waals surface area contributed by atoms with Gasteiger partial charge in [-0.1, -0.05) is 36.4 Å².